The molecule has 240 valence electrons. The number of benzene rings is 8. The van der Waals surface area contributed by atoms with Gasteiger partial charge in [0.15, 0.2) is 8.07 Å². The molecule has 3 heteroatoms. The van der Waals surface area contributed by atoms with Crippen molar-refractivity contribution in [3.63, 3.8) is 0 Å². The smallest absolute Gasteiger partial charge is 0.179 e. The number of hydrogen-bond acceptors (Lipinski definition) is 1. The molecule has 0 unspecified atom stereocenters. The topological polar surface area (TPSA) is 18.1 Å². The van der Waals surface area contributed by atoms with Crippen LogP contribution in [0.3, 0.4) is 0 Å². The molecule has 0 bridgehead atoms. The number of aromatic nitrogens is 1. The molecule has 0 radical (unpaired) electrons. The van der Waals surface area contributed by atoms with Gasteiger partial charge >= 0.3 is 0 Å². The minimum atomic E-state index is -2.83. The molecule has 8 aromatic carbocycles. The summed E-state index contributed by atoms with van der Waals surface area (Å²) in [6, 6.07) is 73.3. The predicted molar refractivity (Wildman–Crippen MR) is 217 cm³/mol. The second-order valence-corrected chi connectivity index (χ2v) is 17.1. The quantitative estimate of drug-likeness (QED) is 0.128. The third-order valence-corrected chi connectivity index (χ3v) is 15.3. The van der Waals surface area contributed by atoms with Gasteiger partial charge in [-0.05, 0) is 68.3 Å². The maximum atomic E-state index is 6.33. The normalized spacial score (nSPS) is 11.9. The summed E-state index contributed by atoms with van der Waals surface area (Å²) in [5, 5.41) is 10.2. The van der Waals surface area contributed by atoms with E-state index in [2.05, 4.69) is 199 Å². The summed E-state index contributed by atoms with van der Waals surface area (Å²) in [4.78, 5) is 0. The lowest BCUT2D eigenvalue weighted by atomic mass is 10.0. The molecule has 0 atom stereocenters. The Hall–Kier alpha value is -6.42. The van der Waals surface area contributed by atoms with Gasteiger partial charge in [-0.1, -0.05) is 164 Å². The number of para-hydroxylation sites is 3. The first-order valence-electron chi connectivity index (χ1n) is 17.5. The fraction of sp³-hybridized carbons (Fsp3) is 0. The highest BCUT2D eigenvalue weighted by molar-refractivity contribution is 7.20. The highest BCUT2D eigenvalue weighted by Gasteiger charge is 2.42. The van der Waals surface area contributed by atoms with E-state index in [9.17, 15) is 0 Å². The molecule has 0 aliphatic rings. The first kappa shape index (κ1) is 29.5. The molecule has 2 heterocycles. The van der Waals surface area contributed by atoms with Gasteiger partial charge in [0, 0.05) is 27.2 Å². The van der Waals surface area contributed by atoms with Crippen LogP contribution in [0.2, 0.25) is 0 Å². The van der Waals surface area contributed by atoms with E-state index < -0.39 is 8.07 Å². The van der Waals surface area contributed by atoms with Crippen molar-refractivity contribution < 1.29 is 4.42 Å². The Morgan fingerprint density at radius 3 is 1.67 bits per heavy atom. The van der Waals surface area contributed by atoms with Gasteiger partial charge < -0.3 is 8.98 Å². The maximum Gasteiger partial charge on any atom is 0.179 e. The Labute approximate surface area is 297 Å². The zero-order valence-electron chi connectivity index (χ0n) is 27.9. The molecular formula is C48H33NOSi. The minimum Gasteiger partial charge on any atom is -0.456 e. The van der Waals surface area contributed by atoms with Crippen molar-refractivity contribution in [3.05, 3.63) is 200 Å². The van der Waals surface area contributed by atoms with Crippen molar-refractivity contribution in [2.45, 2.75) is 0 Å². The van der Waals surface area contributed by atoms with Crippen molar-refractivity contribution in [1.82, 2.24) is 4.57 Å². The van der Waals surface area contributed by atoms with Crippen LogP contribution in [0, 0.1) is 0 Å². The zero-order valence-corrected chi connectivity index (χ0v) is 28.9. The highest BCUT2D eigenvalue weighted by atomic mass is 28.3. The van der Waals surface area contributed by atoms with Crippen LogP contribution in [0.4, 0.5) is 0 Å². The Morgan fingerprint density at radius 2 is 0.902 bits per heavy atom. The Morgan fingerprint density at radius 1 is 0.333 bits per heavy atom. The fourth-order valence-electron chi connectivity index (χ4n) is 8.27. The standard InChI is InChI=1S/C48H33NOSi/c1-4-16-36(17-5-1)49-45-25-12-10-23-41(45)42-29-27-35(32-46(42)49)34-15-14-22-39(31-34)51(37-18-6-2-7-19-37,38-20-8-3-9-21-38)40-28-30-48-44(33-40)43-24-11-13-26-47(43)50-48/h1-33H. The minimum absolute atomic E-state index is 0.917. The molecule has 0 fully saturated rings. The largest absolute Gasteiger partial charge is 0.456 e. The van der Waals surface area contributed by atoms with E-state index in [1.807, 2.05) is 6.07 Å². The van der Waals surface area contributed by atoms with Crippen LogP contribution in [0.1, 0.15) is 0 Å². The molecule has 0 N–H and O–H groups in total. The third kappa shape index (κ3) is 4.63. The van der Waals surface area contributed by atoms with Gasteiger partial charge in [0.2, 0.25) is 0 Å². The Bertz CT molecular complexity index is 2810. The maximum absolute atomic E-state index is 6.33. The lowest BCUT2D eigenvalue weighted by Gasteiger charge is -2.34. The molecule has 51 heavy (non-hydrogen) atoms. The van der Waals surface area contributed by atoms with E-state index in [0.29, 0.717) is 0 Å². The average molecular weight is 668 g/mol. The van der Waals surface area contributed by atoms with Crippen molar-refractivity contribution in [1.29, 1.82) is 0 Å². The van der Waals surface area contributed by atoms with Crippen LogP contribution in [-0.4, -0.2) is 12.6 Å². The predicted octanol–water partition coefficient (Wildman–Crippen LogP) is 9.73. The van der Waals surface area contributed by atoms with Gasteiger partial charge in [0.1, 0.15) is 11.2 Å². The fourth-order valence-corrected chi connectivity index (χ4v) is 13.1. The lowest BCUT2D eigenvalue weighted by molar-refractivity contribution is 0.669. The number of nitrogens with zero attached hydrogens (tertiary/aromatic N) is 1. The summed E-state index contributed by atoms with van der Waals surface area (Å²) >= 11 is 0. The molecule has 0 amide bonds. The van der Waals surface area contributed by atoms with E-state index in [1.54, 1.807) is 0 Å². The molecule has 0 aliphatic carbocycles. The van der Waals surface area contributed by atoms with Crippen LogP contribution in [0.15, 0.2) is 205 Å². The highest BCUT2D eigenvalue weighted by Crippen LogP contribution is 2.35. The summed E-state index contributed by atoms with van der Waals surface area (Å²) in [6.07, 6.45) is 0. The van der Waals surface area contributed by atoms with Crippen molar-refractivity contribution in [3.8, 4) is 16.8 Å². The first-order valence-corrected chi connectivity index (χ1v) is 19.5. The summed E-state index contributed by atoms with van der Waals surface area (Å²) in [5.41, 5.74) is 7.82. The zero-order chi connectivity index (χ0) is 33.8. The van der Waals surface area contributed by atoms with Crippen LogP contribution < -0.4 is 20.7 Å². The molecule has 0 aliphatic heterocycles. The molecule has 0 saturated heterocycles. The summed E-state index contributed by atoms with van der Waals surface area (Å²) in [7, 11) is -2.83. The summed E-state index contributed by atoms with van der Waals surface area (Å²) in [5.74, 6) is 0. The number of fused-ring (bicyclic) bond motifs is 6. The molecule has 0 spiro atoms. The molecule has 10 aromatic rings. The Kier molecular flexibility index (Phi) is 6.86. The summed E-state index contributed by atoms with van der Waals surface area (Å²) < 4.78 is 8.72. The second-order valence-electron chi connectivity index (χ2n) is 13.3. The van der Waals surface area contributed by atoms with Crippen molar-refractivity contribution >= 4 is 72.6 Å². The van der Waals surface area contributed by atoms with E-state index >= 15 is 0 Å². The van der Waals surface area contributed by atoms with Crippen LogP contribution in [0.25, 0.3) is 60.6 Å². The van der Waals surface area contributed by atoms with E-state index in [0.717, 1.165) is 27.6 Å². The van der Waals surface area contributed by atoms with Crippen LogP contribution >= 0.6 is 0 Å². The van der Waals surface area contributed by atoms with Crippen LogP contribution in [0.5, 0.6) is 0 Å². The average Bonchev–Trinajstić information content (AvgIpc) is 3.75. The van der Waals surface area contributed by atoms with Gasteiger partial charge in [-0.2, -0.15) is 0 Å². The van der Waals surface area contributed by atoms with E-state index in [-0.39, 0.29) is 0 Å². The second kappa shape index (κ2) is 11.9. The first-order chi connectivity index (χ1) is 25.3. The van der Waals surface area contributed by atoms with Gasteiger partial charge in [-0.3, -0.25) is 0 Å². The molecule has 2 nitrogen and oxygen atoms in total. The monoisotopic (exact) mass is 667 g/mol. The van der Waals surface area contributed by atoms with Gasteiger partial charge in [-0.25, -0.2) is 0 Å². The Balaban J connectivity index is 1.24. The van der Waals surface area contributed by atoms with Crippen LogP contribution in [-0.2, 0) is 0 Å². The summed E-state index contributed by atoms with van der Waals surface area (Å²) in [6.45, 7) is 0. The van der Waals surface area contributed by atoms with Gasteiger partial charge in [0.25, 0.3) is 0 Å². The number of furan rings is 1. The third-order valence-electron chi connectivity index (χ3n) is 10.5. The number of rotatable bonds is 6. The number of hydrogen-bond donors (Lipinski definition) is 0. The van der Waals surface area contributed by atoms with Gasteiger partial charge in [-0.15, -0.1) is 0 Å². The molecule has 10 rings (SSSR count). The van der Waals surface area contributed by atoms with Gasteiger partial charge in [0.05, 0.1) is 11.0 Å². The lowest BCUT2D eigenvalue weighted by Crippen LogP contribution is -2.74. The SMILES string of the molecule is c1ccc(-n2c3ccccc3c3ccc(-c4cccc([Si](c5ccccc5)(c5ccccc5)c5ccc6oc7ccccc7c6c5)c4)cc32)cc1. The van der Waals surface area contributed by atoms with Crippen molar-refractivity contribution in [2.24, 2.45) is 0 Å². The molecule has 0 saturated carbocycles. The van der Waals surface area contributed by atoms with E-state index in [4.69, 9.17) is 4.42 Å². The molecule has 2 aromatic heterocycles. The van der Waals surface area contributed by atoms with Crippen molar-refractivity contribution in [2.75, 3.05) is 0 Å². The molecular weight excluding hydrogens is 635 g/mol. The van der Waals surface area contributed by atoms with E-state index in [1.165, 1.54) is 53.7 Å².